The Morgan fingerprint density at radius 3 is 2.53 bits per heavy atom. The van der Waals surface area contributed by atoms with Crippen LogP contribution < -0.4 is 10.1 Å². The van der Waals surface area contributed by atoms with Crippen LogP contribution in [0.25, 0.3) is 0 Å². The van der Waals surface area contributed by atoms with E-state index in [1.807, 2.05) is 26.0 Å². The van der Waals surface area contributed by atoms with E-state index >= 15 is 0 Å². The van der Waals surface area contributed by atoms with Crippen molar-refractivity contribution in [1.29, 1.82) is 0 Å². The highest BCUT2D eigenvalue weighted by molar-refractivity contribution is 5.99. The van der Waals surface area contributed by atoms with Gasteiger partial charge in [0.05, 0.1) is 24.6 Å². The molecule has 5 nitrogen and oxygen atoms in total. The van der Waals surface area contributed by atoms with Gasteiger partial charge in [0.15, 0.2) is 0 Å². The molecule has 1 aliphatic rings. The number of benzene rings is 1. The van der Waals surface area contributed by atoms with Crippen molar-refractivity contribution in [3.05, 3.63) is 23.3 Å². The Morgan fingerprint density at radius 1 is 1.32 bits per heavy atom. The number of carboxylic acid groups (broad SMARTS) is 1. The number of amides is 1. The van der Waals surface area contributed by atoms with Gasteiger partial charge in [-0.25, -0.2) is 0 Å². The lowest BCUT2D eigenvalue weighted by atomic mass is 10.1. The van der Waals surface area contributed by atoms with E-state index in [-0.39, 0.29) is 5.91 Å². The molecule has 1 aliphatic carbocycles. The van der Waals surface area contributed by atoms with E-state index in [9.17, 15) is 9.59 Å². The number of hydrogen-bond donors (Lipinski definition) is 2. The van der Waals surface area contributed by atoms with Crippen LogP contribution in [0.5, 0.6) is 5.75 Å². The van der Waals surface area contributed by atoms with Gasteiger partial charge in [-0.3, -0.25) is 9.59 Å². The Labute approximate surface area is 111 Å². The molecule has 102 valence electrons. The van der Waals surface area contributed by atoms with Gasteiger partial charge < -0.3 is 15.2 Å². The Hall–Kier alpha value is -2.04. The van der Waals surface area contributed by atoms with Gasteiger partial charge in [0.25, 0.3) is 0 Å². The summed E-state index contributed by atoms with van der Waals surface area (Å²) >= 11 is 0. The summed E-state index contributed by atoms with van der Waals surface area (Å²) in [6, 6.07) is 3.79. The summed E-state index contributed by atoms with van der Waals surface area (Å²) in [5.41, 5.74) is 2.55. The third kappa shape index (κ3) is 2.70. The summed E-state index contributed by atoms with van der Waals surface area (Å²) < 4.78 is 5.28. The smallest absolute Gasteiger partial charge is 0.307 e. The summed E-state index contributed by atoms with van der Waals surface area (Å²) in [5, 5.41) is 11.6. The molecule has 1 aromatic rings. The Bertz CT molecular complexity index is 538. The number of nitrogens with one attached hydrogen (secondary N) is 1. The molecule has 2 rings (SSSR count). The molecule has 5 heteroatoms. The first-order chi connectivity index (χ1) is 8.93. The van der Waals surface area contributed by atoms with Crippen LogP contribution in [0, 0.1) is 25.7 Å². The zero-order chi connectivity index (χ0) is 14.2. The summed E-state index contributed by atoms with van der Waals surface area (Å²) in [6.45, 7) is 3.83. The maximum absolute atomic E-state index is 12.0. The zero-order valence-electron chi connectivity index (χ0n) is 11.2. The average molecular weight is 263 g/mol. The van der Waals surface area contributed by atoms with Crippen LogP contribution >= 0.6 is 0 Å². The lowest BCUT2D eigenvalue weighted by Gasteiger charge is -2.13. The molecule has 0 spiro atoms. The third-order valence-electron chi connectivity index (χ3n) is 3.33. The van der Waals surface area contributed by atoms with Crippen molar-refractivity contribution in [2.45, 2.75) is 20.3 Å². The molecule has 0 aromatic heterocycles. The molecule has 2 N–H and O–H groups in total. The van der Waals surface area contributed by atoms with Crippen LogP contribution in [0.15, 0.2) is 12.1 Å². The first-order valence-electron chi connectivity index (χ1n) is 6.13. The van der Waals surface area contributed by atoms with Gasteiger partial charge in [-0.1, -0.05) is 6.07 Å². The van der Waals surface area contributed by atoms with Gasteiger partial charge in [0.2, 0.25) is 5.91 Å². The fraction of sp³-hybridized carbons (Fsp3) is 0.429. The van der Waals surface area contributed by atoms with Crippen LogP contribution in [0.1, 0.15) is 17.5 Å². The molecule has 2 unspecified atom stereocenters. The summed E-state index contributed by atoms with van der Waals surface area (Å²) in [7, 11) is 1.55. The maximum Gasteiger partial charge on any atom is 0.307 e. The molecule has 0 bridgehead atoms. The van der Waals surface area contributed by atoms with Crippen LogP contribution in [-0.2, 0) is 9.59 Å². The van der Waals surface area contributed by atoms with Gasteiger partial charge in [-0.15, -0.1) is 0 Å². The first kappa shape index (κ1) is 13.4. The van der Waals surface area contributed by atoms with Crippen LogP contribution in [0.4, 0.5) is 5.69 Å². The number of ether oxygens (including phenoxy) is 1. The summed E-state index contributed by atoms with van der Waals surface area (Å²) in [5.74, 6) is -1.52. The van der Waals surface area contributed by atoms with E-state index in [2.05, 4.69) is 5.32 Å². The van der Waals surface area contributed by atoms with Crippen molar-refractivity contribution in [3.63, 3.8) is 0 Å². The number of carbonyl (C=O) groups excluding carboxylic acids is 1. The van der Waals surface area contributed by atoms with Crippen molar-refractivity contribution < 1.29 is 19.4 Å². The second-order valence-electron chi connectivity index (χ2n) is 4.94. The van der Waals surface area contributed by atoms with Gasteiger partial charge in [-0.2, -0.15) is 0 Å². The second kappa shape index (κ2) is 4.91. The monoisotopic (exact) mass is 263 g/mol. The van der Waals surface area contributed by atoms with Crippen LogP contribution in [-0.4, -0.2) is 24.1 Å². The minimum Gasteiger partial charge on any atom is -0.494 e. The van der Waals surface area contributed by atoms with Crippen molar-refractivity contribution in [3.8, 4) is 5.75 Å². The first-order valence-corrected chi connectivity index (χ1v) is 6.13. The highest BCUT2D eigenvalue weighted by Crippen LogP contribution is 2.40. The lowest BCUT2D eigenvalue weighted by Crippen LogP contribution is -2.17. The standard InChI is InChI=1S/C14H17NO4/c1-7-4-8(2)12(19-3)11(5-7)15-13(16)9-6-10(9)14(17)18/h4-5,9-10H,6H2,1-3H3,(H,15,16)(H,17,18). The van der Waals surface area contributed by atoms with E-state index in [0.29, 0.717) is 17.9 Å². The number of rotatable bonds is 4. The molecular formula is C14H17NO4. The minimum absolute atomic E-state index is 0.254. The Morgan fingerprint density at radius 2 is 2.00 bits per heavy atom. The second-order valence-corrected chi connectivity index (χ2v) is 4.94. The molecule has 0 saturated heterocycles. The number of anilines is 1. The van der Waals surface area contributed by atoms with E-state index < -0.39 is 17.8 Å². The number of carboxylic acids is 1. The quantitative estimate of drug-likeness (QED) is 0.870. The molecule has 1 aromatic carbocycles. The molecule has 1 amide bonds. The Balaban J connectivity index is 2.15. The summed E-state index contributed by atoms with van der Waals surface area (Å²) in [6.07, 6.45) is 0.411. The van der Waals surface area contributed by atoms with Gasteiger partial charge in [0.1, 0.15) is 5.75 Å². The lowest BCUT2D eigenvalue weighted by molar-refractivity contribution is -0.139. The van der Waals surface area contributed by atoms with Crippen molar-refractivity contribution in [2.75, 3.05) is 12.4 Å². The van der Waals surface area contributed by atoms with E-state index in [1.165, 1.54) is 0 Å². The number of hydrogen-bond acceptors (Lipinski definition) is 3. The number of methoxy groups -OCH3 is 1. The molecule has 0 aliphatic heterocycles. The highest BCUT2D eigenvalue weighted by Gasteiger charge is 2.48. The average Bonchev–Trinajstić information content (AvgIpc) is 3.08. The molecule has 2 atom stereocenters. The molecule has 1 saturated carbocycles. The van der Waals surface area contributed by atoms with Gasteiger partial charge >= 0.3 is 5.97 Å². The number of aliphatic carboxylic acids is 1. The topological polar surface area (TPSA) is 75.6 Å². The Kier molecular flexibility index (Phi) is 3.46. The van der Waals surface area contributed by atoms with Crippen molar-refractivity contribution in [1.82, 2.24) is 0 Å². The van der Waals surface area contributed by atoms with E-state index in [0.717, 1.165) is 11.1 Å². The number of carbonyl (C=O) groups is 2. The largest absolute Gasteiger partial charge is 0.494 e. The molecule has 0 heterocycles. The third-order valence-corrected chi connectivity index (χ3v) is 3.33. The molecule has 1 fully saturated rings. The SMILES string of the molecule is COc1c(C)cc(C)cc1NC(=O)C1CC1C(=O)O. The predicted molar refractivity (Wildman–Crippen MR) is 70.3 cm³/mol. The van der Waals surface area contributed by atoms with Crippen LogP contribution in [0.2, 0.25) is 0 Å². The highest BCUT2D eigenvalue weighted by atomic mass is 16.5. The minimum atomic E-state index is -0.910. The maximum atomic E-state index is 12.0. The predicted octanol–water partition coefficient (Wildman–Crippen LogP) is 1.97. The molecule has 19 heavy (non-hydrogen) atoms. The fourth-order valence-corrected chi connectivity index (χ4v) is 2.30. The van der Waals surface area contributed by atoms with E-state index in [4.69, 9.17) is 9.84 Å². The van der Waals surface area contributed by atoms with Crippen molar-refractivity contribution in [2.24, 2.45) is 11.8 Å². The fourth-order valence-electron chi connectivity index (χ4n) is 2.30. The van der Waals surface area contributed by atoms with Crippen LogP contribution in [0.3, 0.4) is 0 Å². The number of aryl methyl sites for hydroxylation is 2. The molecular weight excluding hydrogens is 246 g/mol. The van der Waals surface area contributed by atoms with Gasteiger partial charge in [-0.05, 0) is 37.5 Å². The summed E-state index contributed by atoms with van der Waals surface area (Å²) in [4.78, 5) is 22.7. The van der Waals surface area contributed by atoms with Gasteiger partial charge in [0, 0.05) is 0 Å². The normalized spacial score (nSPS) is 20.8. The van der Waals surface area contributed by atoms with Crippen molar-refractivity contribution >= 4 is 17.6 Å². The van der Waals surface area contributed by atoms with E-state index in [1.54, 1.807) is 7.11 Å². The molecule has 0 radical (unpaired) electrons. The zero-order valence-corrected chi connectivity index (χ0v) is 11.2.